The molecule has 0 spiro atoms. The molecule has 2 heteroatoms. The van der Waals surface area contributed by atoms with E-state index in [0.717, 1.165) is 4.59 Å². The van der Waals surface area contributed by atoms with Crippen LogP contribution in [0.4, 0.5) is 0 Å². The Morgan fingerprint density at radius 2 is 1.33 bits per heavy atom. The second kappa shape index (κ2) is 1.58. The molecular weight excluding hydrogens is 76.1 g/mol. The lowest BCUT2D eigenvalue weighted by Gasteiger charge is -2.20. The summed E-state index contributed by atoms with van der Waals surface area (Å²) in [6, 6.07) is 0. The van der Waals surface area contributed by atoms with Crippen LogP contribution in [0.15, 0.2) is 0 Å². The third-order valence-electron chi connectivity index (χ3n) is 0.671. The highest BCUT2D eigenvalue weighted by atomic mass is 15.6. The Hall–Kier alpha value is -0.0800. The van der Waals surface area contributed by atoms with Crippen molar-refractivity contribution in [1.82, 2.24) is 5.43 Å². The minimum absolute atomic E-state index is 0.819. The van der Waals surface area contributed by atoms with Gasteiger partial charge in [-0.3, -0.25) is 4.59 Å². The van der Waals surface area contributed by atoms with Crippen molar-refractivity contribution in [3.05, 3.63) is 0 Å². The molecule has 0 rings (SSSR count). The Morgan fingerprint density at radius 1 is 1.17 bits per heavy atom. The predicted molar refractivity (Wildman–Crippen MR) is 27.1 cm³/mol. The molecular formula is C4H13N2+. The van der Waals surface area contributed by atoms with Crippen molar-refractivity contribution in [2.24, 2.45) is 0 Å². The summed E-state index contributed by atoms with van der Waals surface area (Å²) < 4.78 is 0.819. The maximum absolute atomic E-state index is 3.04. The van der Waals surface area contributed by atoms with E-state index in [4.69, 9.17) is 0 Å². The Balaban J connectivity index is 3.17. The Labute approximate surface area is 39.3 Å². The first-order chi connectivity index (χ1) is 2.56. The smallest absolute Gasteiger partial charge is 0.0853 e. The standard InChI is InChI=1S/C4H13N2/c1-5-6(2,3)4/h5H,1-4H3/q+1. The number of rotatable bonds is 1. The van der Waals surface area contributed by atoms with E-state index in [2.05, 4.69) is 26.6 Å². The van der Waals surface area contributed by atoms with E-state index in [-0.39, 0.29) is 0 Å². The molecule has 1 N–H and O–H groups in total. The van der Waals surface area contributed by atoms with Gasteiger partial charge >= 0.3 is 0 Å². The van der Waals surface area contributed by atoms with Gasteiger partial charge in [0.05, 0.1) is 21.1 Å². The van der Waals surface area contributed by atoms with Crippen LogP contribution < -0.4 is 5.43 Å². The lowest BCUT2D eigenvalue weighted by atomic mass is 10.9. The summed E-state index contributed by atoms with van der Waals surface area (Å²) in [5.41, 5.74) is 3.04. The lowest BCUT2D eigenvalue weighted by Crippen LogP contribution is -2.45. The van der Waals surface area contributed by atoms with Crippen molar-refractivity contribution in [2.75, 3.05) is 28.2 Å². The van der Waals surface area contributed by atoms with Crippen LogP contribution in [0, 0.1) is 0 Å². The Bertz CT molecular complexity index is 35.3. The molecule has 0 aromatic rings. The van der Waals surface area contributed by atoms with Crippen LogP contribution in [0.2, 0.25) is 0 Å². The highest BCUT2D eigenvalue weighted by molar-refractivity contribution is 3.93. The van der Waals surface area contributed by atoms with Gasteiger partial charge in [0, 0.05) is 7.05 Å². The van der Waals surface area contributed by atoms with Gasteiger partial charge in [-0.15, -0.1) is 0 Å². The molecule has 0 fully saturated rings. The fourth-order valence-corrected chi connectivity index (χ4v) is 0. The monoisotopic (exact) mass is 89.1 g/mol. The molecule has 0 aromatic carbocycles. The number of hydrogen-bond acceptors (Lipinski definition) is 1. The average molecular weight is 89.2 g/mol. The van der Waals surface area contributed by atoms with Gasteiger partial charge < -0.3 is 0 Å². The van der Waals surface area contributed by atoms with Crippen molar-refractivity contribution in [2.45, 2.75) is 0 Å². The predicted octanol–water partition coefficient (Wildman–Crippen LogP) is -0.173. The van der Waals surface area contributed by atoms with Gasteiger partial charge in [-0.25, -0.2) is 0 Å². The summed E-state index contributed by atoms with van der Waals surface area (Å²) in [4.78, 5) is 0. The van der Waals surface area contributed by atoms with Crippen LogP contribution >= 0.6 is 0 Å². The third kappa shape index (κ3) is 3.92. The molecule has 0 aromatic heterocycles. The maximum Gasteiger partial charge on any atom is 0.0853 e. The van der Waals surface area contributed by atoms with Crippen LogP contribution in [-0.4, -0.2) is 32.8 Å². The van der Waals surface area contributed by atoms with E-state index < -0.39 is 0 Å². The first-order valence-electron chi connectivity index (χ1n) is 2.07. The van der Waals surface area contributed by atoms with Gasteiger partial charge in [-0.2, -0.15) is 5.43 Å². The molecule has 0 aliphatic rings. The second-order valence-electron chi connectivity index (χ2n) is 2.24. The molecule has 0 aliphatic carbocycles. The fourth-order valence-electron chi connectivity index (χ4n) is 0. The van der Waals surface area contributed by atoms with Crippen molar-refractivity contribution in [3.63, 3.8) is 0 Å². The molecule has 0 heterocycles. The van der Waals surface area contributed by atoms with E-state index in [0.29, 0.717) is 0 Å². The normalized spacial score (nSPS) is 12.0. The van der Waals surface area contributed by atoms with Crippen molar-refractivity contribution < 1.29 is 4.59 Å². The molecule has 0 saturated heterocycles. The number of quaternary nitrogens is 1. The summed E-state index contributed by atoms with van der Waals surface area (Å²) >= 11 is 0. The molecule has 38 valence electrons. The van der Waals surface area contributed by atoms with Crippen LogP contribution in [-0.2, 0) is 0 Å². The first-order valence-corrected chi connectivity index (χ1v) is 2.07. The molecule has 0 unspecified atom stereocenters. The van der Waals surface area contributed by atoms with Gasteiger partial charge in [-0.05, 0) is 0 Å². The quantitative estimate of drug-likeness (QED) is 0.347. The van der Waals surface area contributed by atoms with E-state index in [1.165, 1.54) is 0 Å². The summed E-state index contributed by atoms with van der Waals surface area (Å²) in [5, 5.41) is 0. The highest BCUT2D eigenvalue weighted by Crippen LogP contribution is 1.73. The number of nitrogens with one attached hydrogen (secondary N) is 1. The zero-order valence-corrected chi connectivity index (χ0v) is 4.95. The van der Waals surface area contributed by atoms with E-state index in [1.807, 2.05) is 7.05 Å². The van der Waals surface area contributed by atoms with Crippen LogP contribution in [0.25, 0.3) is 0 Å². The van der Waals surface area contributed by atoms with E-state index in [9.17, 15) is 0 Å². The highest BCUT2D eigenvalue weighted by Gasteiger charge is 1.97. The van der Waals surface area contributed by atoms with Crippen molar-refractivity contribution >= 4 is 0 Å². The molecule has 0 amide bonds. The van der Waals surface area contributed by atoms with Crippen LogP contribution in [0.3, 0.4) is 0 Å². The molecule has 0 radical (unpaired) electrons. The maximum atomic E-state index is 3.04. The van der Waals surface area contributed by atoms with E-state index in [1.54, 1.807) is 0 Å². The first kappa shape index (κ1) is 5.92. The molecule has 0 bridgehead atoms. The molecule has 2 nitrogen and oxygen atoms in total. The van der Waals surface area contributed by atoms with Gasteiger partial charge in [-0.1, -0.05) is 0 Å². The SMILES string of the molecule is CN[N+](C)(C)C. The Morgan fingerprint density at radius 3 is 1.33 bits per heavy atom. The van der Waals surface area contributed by atoms with Gasteiger partial charge in [0.2, 0.25) is 0 Å². The average Bonchev–Trinajstić information content (AvgIpc) is 1.35. The van der Waals surface area contributed by atoms with Gasteiger partial charge in [0.25, 0.3) is 0 Å². The fraction of sp³-hybridized carbons (Fsp3) is 1.00. The zero-order valence-electron chi connectivity index (χ0n) is 4.95. The van der Waals surface area contributed by atoms with Crippen molar-refractivity contribution in [3.8, 4) is 0 Å². The van der Waals surface area contributed by atoms with Gasteiger partial charge in [0.1, 0.15) is 0 Å². The van der Waals surface area contributed by atoms with Gasteiger partial charge in [0.15, 0.2) is 0 Å². The van der Waals surface area contributed by atoms with E-state index >= 15 is 0 Å². The molecule has 0 saturated carbocycles. The number of hydrogen-bond donors (Lipinski definition) is 1. The second-order valence-corrected chi connectivity index (χ2v) is 2.24. The molecule has 0 aliphatic heterocycles. The molecule has 0 atom stereocenters. The summed E-state index contributed by atoms with van der Waals surface area (Å²) in [6.45, 7) is 0. The topological polar surface area (TPSA) is 12.0 Å². The molecule has 6 heavy (non-hydrogen) atoms. The number of nitrogens with zero attached hydrogens (tertiary/aromatic N) is 1. The largest absolute Gasteiger partial charge is 0.253 e. The summed E-state index contributed by atoms with van der Waals surface area (Å²) in [5.74, 6) is 0. The van der Waals surface area contributed by atoms with Crippen LogP contribution in [0.5, 0.6) is 0 Å². The van der Waals surface area contributed by atoms with Crippen molar-refractivity contribution in [1.29, 1.82) is 0 Å². The minimum atomic E-state index is 0.819. The lowest BCUT2D eigenvalue weighted by molar-refractivity contribution is -0.913. The van der Waals surface area contributed by atoms with Crippen LogP contribution in [0.1, 0.15) is 0 Å². The Kier molecular flexibility index (Phi) is 1.56. The zero-order chi connectivity index (χ0) is 5.21. The third-order valence-corrected chi connectivity index (χ3v) is 0.671. The summed E-state index contributed by atoms with van der Waals surface area (Å²) in [6.07, 6.45) is 0. The summed E-state index contributed by atoms with van der Waals surface area (Å²) in [7, 11) is 8.14. The minimum Gasteiger partial charge on any atom is -0.253 e.